The molecule has 0 aromatic heterocycles. The minimum absolute atomic E-state index is 0.173. The molecule has 2 heteroatoms. The standard InChI is InChI=1S/C22H32O2/c1-16(2)8-6-9-17(3)10-7-11-18(4)12-13-20-21(23)14-19(5)15-22(20)24/h8,10,12,14-15,23-24H,6-7,9,11,13H2,1-5H3/b17-10?,18-12+. The van der Waals surface area contributed by atoms with Crippen molar-refractivity contribution in [3.05, 3.63) is 58.2 Å². The number of hydrogen-bond acceptors (Lipinski definition) is 2. The summed E-state index contributed by atoms with van der Waals surface area (Å²) in [6.45, 7) is 10.4. The topological polar surface area (TPSA) is 40.5 Å². The largest absolute Gasteiger partial charge is 0.508 e. The second kappa shape index (κ2) is 10.0. The molecule has 1 aromatic rings. The summed E-state index contributed by atoms with van der Waals surface area (Å²) < 4.78 is 0. The van der Waals surface area contributed by atoms with Gasteiger partial charge in [-0.15, -0.1) is 0 Å². The Bertz CT molecular complexity index is 606. The van der Waals surface area contributed by atoms with Crippen molar-refractivity contribution in [2.75, 3.05) is 0 Å². The van der Waals surface area contributed by atoms with Crippen molar-refractivity contribution in [2.24, 2.45) is 0 Å². The van der Waals surface area contributed by atoms with E-state index in [9.17, 15) is 10.2 Å². The van der Waals surface area contributed by atoms with E-state index in [0.29, 0.717) is 12.0 Å². The summed E-state index contributed by atoms with van der Waals surface area (Å²) >= 11 is 0. The Morgan fingerprint density at radius 1 is 0.833 bits per heavy atom. The molecule has 0 fully saturated rings. The van der Waals surface area contributed by atoms with Gasteiger partial charge in [0.2, 0.25) is 0 Å². The number of rotatable bonds is 8. The number of benzene rings is 1. The van der Waals surface area contributed by atoms with Crippen LogP contribution in [0.1, 0.15) is 64.5 Å². The SMILES string of the molecule is CC(C)=CCCC(C)=CCC/C(C)=C/Cc1c(O)cc(C)cc1O. The predicted octanol–water partition coefficient (Wildman–Crippen LogP) is 6.37. The summed E-state index contributed by atoms with van der Waals surface area (Å²) in [6, 6.07) is 3.38. The van der Waals surface area contributed by atoms with Crippen LogP contribution in [0.15, 0.2) is 47.1 Å². The van der Waals surface area contributed by atoms with Gasteiger partial charge in [-0.25, -0.2) is 0 Å². The molecule has 0 radical (unpaired) electrons. The molecule has 1 aromatic carbocycles. The fourth-order valence-electron chi connectivity index (χ4n) is 2.60. The Morgan fingerprint density at radius 2 is 1.33 bits per heavy atom. The summed E-state index contributed by atoms with van der Waals surface area (Å²) in [5.41, 5.74) is 5.57. The Kier molecular flexibility index (Phi) is 8.39. The lowest BCUT2D eigenvalue weighted by Gasteiger charge is -2.07. The molecule has 24 heavy (non-hydrogen) atoms. The first kappa shape index (κ1) is 20.1. The third-order valence-electron chi connectivity index (χ3n) is 4.12. The van der Waals surface area contributed by atoms with Gasteiger partial charge in [0.15, 0.2) is 0 Å². The highest BCUT2D eigenvalue weighted by atomic mass is 16.3. The molecule has 1 rings (SSSR count). The zero-order valence-electron chi connectivity index (χ0n) is 15.8. The summed E-state index contributed by atoms with van der Waals surface area (Å²) in [5, 5.41) is 19.9. The van der Waals surface area contributed by atoms with Crippen LogP contribution in [0, 0.1) is 6.92 Å². The van der Waals surface area contributed by atoms with Gasteiger partial charge in [0.1, 0.15) is 11.5 Å². The molecule has 0 atom stereocenters. The zero-order valence-corrected chi connectivity index (χ0v) is 15.8. The monoisotopic (exact) mass is 328 g/mol. The Morgan fingerprint density at radius 3 is 1.88 bits per heavy atom. The lowest BCUT2D eigenvalue weighted by Crippen LogP contribution is -1.88. The van der Waals surface area contributed by atoms with E-state index in [1.165, 1.54) is 16.7 Å². The lowest BCUT2D eigenvalue weighted by molar-refractivity contribution is 0.440. The Balaban J connectivity index is 2.49. The van der Waals surface area contributed by atoms with Crippen LogP contribution in [0.3, 0.4) is 0 Å². The van der Waals surface area contributed by atoms with Crippen LogP contribution in [0.5, 0.6) is 11.5 Å². The van der Waals surface area contributed by atoms with Crippen LogP contribution in [0.25, 0.3) is 0 Å². The first-order valence-electron chi connectivity index (χ1n) is 8.75. The number of aryl methyl sites for hydroxylation is 1. The van der Waals surface area contributed by atoms with Crippen LogP contribution < -0.4 is 0 Å². The minimum Gasteiger partial charge on any atom is -0.508 e. The highest BCUT2D eigenvalue weighted by Gasteiger charge is 2.07. The van der Waals surface area contributed by atoms with Gasteiger partial charge in [-0.2, -0.15) is 0 Å². The van der Waals surface area contributed by atoms with Gasteiger partial charge in [0.05, 0.1) is 0 Å². The Hall–Kier alpha value is -1.96. The van der Waals surface area contributed by atoms with Crippen LogP contribution in [-0.4, -0.2) is 10.2 Å². The van der Waals surface area contributed by atoms with Crippen molar-refractivity contribution < 1.29 is 10.2 Å². The molecule has 0 spiro atoms. The molecule has 0 heterocycles. The number of allylic oxidation sites excluding steroid dienone is 6. The van der Waals surface area contributed by atoms with Crippen molar-refractivity contribution in [3.63, 3.8) is 0 Å². The maximum atomic E-state index is 9.95. The average Bonchev–Trinajstić information content (AvgIpc) is 2.45. The van der Waals surface area contributed by atoms with Gasteiger partial charge >= 0.3 is 0 Å². The van der Waals surface area contributed by atoms with Gasteiger partial charge in [0, 0.05) is 5.56 Å². The lowest BCUT2D eigenvalue weighted by atomic mass is 10.0. The van der Waals surface area contributed by atoms with E-state index in [0.717, 1.165) is 31.2 Å². The zero-order chi connectivity index (χ0) is 18.1. The first-order chi connectivity index (χ1) is 11.3. The van der Waals surface area contributed by atoms with E-state index >= 15 is 0 Å². The summed E-state index contributed by atoms with van der Waals surface area (Å²) in [4.78, 5) is 0. The third-order valence-corrected chi connectivity index (χ3v) is 4.12. The van der Waals surface area contributed by atoms with E-state index < -0.39 is 0 Å². The normalized spacial score (nSPS) is 12.4. The fraction of sp³-hybridized carbons (Fsp3) is 0.455. The fourth-order valence-corrected chi connectivity index (χ4v) is 2.60. The maximum Gasteiger partial charge on any atom is 0.123 e. The van der Waals surface area contributed by atoms with Crippen molar-refractivity contribution in [3.8, 4) is 11.5 Å². The van der Waals surface area contributed by atoms with Gasteiger partial charge in [-0.05, 0) is 84.4 Å². The van der Waals surface area contributed by atoms with E-state index in [2.05, 4.69) is 45.9 Å². The molecule has 132 valence electrons. The highest BCUT2D eigenvalue weighted by Crippen LogP contribution is 2.29. The van der Waals surface area contributed by atoms with Gasteiger partial charge < -0.3 is 10.2 Å². The molecule has 2 N–H and O–H groups in total. The van der Waals surface area contributed by atoms with E-state index in [4.69, 9.17) is 0 Å². The molecule has 0 saturated heterocycles. The molecule has 0 saturated carbocycles. The number of phenols is 2. The molecule has 0 unspecified atom stereocenters. The summed E-state index contributed by atoms with van der Waals surface area (Å²) in [6.07, 6.45) is 11.5. The molecule has 0 aliphatic heterocycles. The van der Waals surface area contributed by atoms with Crippen molar-refractivity contribution in [1.82, 2.24) is 0 Å². The number of phenolic OH excluding ortho intramolecular Hbond substituents is 2. The van der Waals surface area contributed by atoms with Crippen LogP contribution >= 0.6 is 0 Å². The average molecular weight is 328 g/mol. The van der Waals surface area contributed by atoms with E-state index in [1.54, 1.807) is 12.1 Å². The molecule has 2 nitrogen and oxygen atoms in total. The predicted molar refractivity (Wildman–Crippen MR) is 104 cm³/mol. The van der Waals surface area contributed by atoms with Crippen LogP contribution in [0.4, 0.5) is 0 Å². The minimum atomic E-state index is 0.173. The molecular formula is C22H32O2. The molecule has 0 aliphatic carbocycles. The number of hydrogen-bond donors (Lipinski definition) is 2. The Labute approximate surface area is 147 Å². The van der Waals surface area contributed by atoms with Crippen LogP contribution in [-0.2, 0) is 6.42 Å². The molecule has 0 bridgehead atoms. The van der Waals surface area contributed by atoms with Gasteiger partial charge in [-0.1, -0.05) is 34.9 Å². The first-order valence-corrected chi connectivity index (χ1v) is 8.75. The summed E-state index contributed by atoms with van der Waals surface area (Å²) in [7, 11) is 0. The van der Waals surface area contributed by atoms with Gasteiger partial charge in [-0.3, -0.25) is 0 Å². The van der Waals surface area contributed by atoms with Crippen molar-refractivity contribution in [1.29, 1.82) is 0 Å². The smallest absolute Gasteiger partial charge is 0.123 e. The van der Waals surface area contributed by atoms with E-state index in [1.807, 2.05) is 6.92 Å². The van der Waals surface area contributed by atoms with Gasteiger partial charge in [0.25, 0.3) is 0 Å². The van der Waals surface area contributed by atoms with Crippen LogP contribution in [0.2, 0.25) is 0 Å². The molecular weight excluding hydrogens is 296 g/mol. The van der Waals surface area contributed by atoms with E-state index in [-0.39, 0.29) is 11.5 Å². The quantitative estimate of drug-likeness (QED) is 0.544. The maximum absolute atomic E-state index is 9.95. The second-order valence-corrected chi connectivity index (χ2v) is 6.95. The molecule has 0 aliphatic rings. The van der Waals surface area contributed by atoms with Crippen molar-refractivity contribution in [2.45, 2.75) is 66.7 Å². The number of aromatic hydroxyl groups is 2. The highest BCUT2D eigenvalue weighted by molar-refractivity contribution is 5.47. The second-order valence-electron chi connectivity index (χ2n) is 6.95. The third kappa shape index (κ3) is 7.54. The summed E-state index contributed by atoms with van der Waals surface area (Å²) in [5.74, 6) is 0.345. The molecule has 0 amide bonds. The van der Waals surface area contributed by atoms with Crippen molar-refractivity contribution >= 4 is 0 Å².